The lowest BCUT2D eigenvalue weighted by Crippen LogP contribution is -2.33. The zero-order valence-electron chi connectivity index (χ0n) is 8.18. The van der Waals surface area contributed by atoms with Gasteiger partial charge in [-0.15, -0.1) is 0 Å². The molecule has 0 aromatic heterocycles. The molecule has 1 aliphatic rings. The van der Waals surface area contributed by atoms with Gasteiger partial charge in [-0.2, -0.15) is 0 Å². The number of aliphatic hydroxyl groups is 1. The number of hydrogen-bond donors (Lipinski definition) is 1. The van der Waals surface area contributed by atoms with Gasteiger partial charge >= 0.3 is 0 Å². The van der Waals surface area contributed by atoms with Crippen LogP contribution in [0.25, 0.3) is 0 Å². The fraction of sp³-hybridized carbons (Fsp3) is 1.00. The van der Waals surface area contributed by atoms with E-state index in [9.17, 15) is 5.11 Å². The van der Waals surface area contributed by atoms with Crippen molar-refractivity contribution in [2.45, 2.75) is 44.6 Å². The first-order chi connectivity index (χ1) is 5.69. The van der Waals surface area contributed by atoms with E-state index in [0.29, 0.717) is 5.92 Å². The summed E-state index contributed by atoms with van der Waals surface area (Å²) >= 11 is 0. The zero-order valence-corrected chi connectivity index (χ0v) is 8.18. The molecule has 72 valence electrons. The molecule has 2 heteroatoms. The van der Waals surface area contributed by atoms with Crippen LogP contribution in [0, 0.1) is 5.92 Å². The largest absolute Gasteiger partial charge is 0.390 e. The van der Waals surface area contributed by atoms with E-state index in [0.717, 1.165) is 25.9 Å². The van der Waals surface area contributed by atoms with Crippen LogP contribution < -0.4 is 0 Å². The first kappa shape index (κ1) is 10.0. The van der Waals surface area contributed by atoms with Crippen LogP contribution in [0.15, 0.2) is 0 Å². The molecule has 1 unspecified atom stereocenters. The second-order valence-corrected chi connectivity index (χ2v) is 3.99. The predicted octanol–water partition coefficient (Wildman–Crippen LogP) is 1.96. The third-order valence-corrected chi connectivity index (χ3v) is 3.14. The van der Waals surface area contributed by atoms with E-state index in [1.807, 2.05) is 0 Å². The van der Waals surface area contributed by atoms with Crippen LogP contribution in [-0.2, 0) is 4.74 Å². The SMILES string of the molecule is COCCC(C)C1(O)CCCC1. The Balaban J connectivity index is 2.33. The summed E-state index contributed by atoms with van der Waals surface area (Å²) in [5, 5.41) is 10.1. The fourth-order valence-corrected chi connectivity index (χ4v) is 2.04. The average Bonchev–Trinajstić information content (AvgIpc) is 2.49. The second kappa shape index (κ2) is 4.24. The molecule has 0 spiro atoms. The first-order valence-corrected chi connectivity index (χ1v) is 4.90. The number of rotatable bonds is 4. The van der Waals surface area contributed by atoms with Crippen molar-refractivity contribution in [3.05, 3.63) is 0 Å². The van der Waals surface area contributed by atoms with Gasteiger partial charge in [-0.3, -0.25) is 0 Å². The molecule has 1 N–H and O–H groups in total. The third kappa shape index (κ3) is 2.20. The normalized spacial score (nSPS) is 24.2. The van der Waals surface area contributed by atoms with Crippen LogP contribution in [0.2, 0.25) is 0 Å². The predicted molar refractivity (Wildman–Crippen MR) is 49.1 cm³/mol. The lowest BCUT2D eigenvalue weighted by molar-refractivity contribution is -0.0163. The van der Waals surface area contributed by atoms with E-state index in [4.69, 9.17) is 4.74 Å². The summed E-state index contributed by atoms with van der Waals surface area (Å²) in [6, 6.07) is 0. The van der Waals surface area contributed by atoms with Gasteiger partial charge in [0, 0.05) is 13.7 Å². The lowest BCUT2D eigenvalue weighted by atomic mass is 9.85. The monoisotopic (exact) mass is 172 g/mol. The van der Waals surface area contributed by atoms with Crippen molar-refractivity contribution in [3.8, 4) is 0 Å². The van der Waals surface area contributed by atoms with Crippen LogP contribution in [0.1, 0.15) is 39.0 Å². The fourth-order valence-electron chi connectivity index (χ4n) is 2.04. The van der Waals surface area contributed by atoms with Gasteiger partial charge < -0.3 is 9.84 Å². The molecule has 0 bridgehead atoms. The molecule has 1 atom stereocenters. The maximum absolute atomic E-state index is 10.1. The van der Waals surface area contributed by atoms with Crippen molar-refractivity contribution in [1.29, 1.82) is 0 Å². The number of hydrogen-bond acceptors (Lipinski definition) is 2. The Kier molecular flexibility index (Phi) is 3.53. The summed E-state index contributed by atoms with van der Waals surface area (Å²) in [5.41, 5.74) is -0.376. The highest BCUT2D eigenvalue weighted by molar-refractivity contribution is 4.88. The minimum atomic E-state index is -0.376. The average molecular weight is 172 g/mol. The Morgan fingerprint density at radius 1 is 1.42 bits per heavy atom. The number of ether oxygens (including phenoxy) is 1. The summed E-state index contributed by atoms with van der Waals surface area (Å²) in [4.78, 5) is 0. The van der Waals surface area contributed by atoms with Crippen molar-refractivity contribution in [3.63, 3.8) is 0 Å². The van der Waals surface area contributed by atoms with Gasteiger partial charge in [0.05, 0.1) is 5.60 Å². The summed E-state index contributed by atoms with van der Waals surface area (Å²) in [6.45, 7) is 2.90. The van der Waals surface area contributed by atoms with E-state index in [2.05, 4.69) is 6.92 Å². The van der Waals surface area contributed by atoms with Crippen molar-refractivity contribution in [2.24, 2.45) is 5.92 Å². The second-order valence-electron chi connectivity index (χ2n) is 3.99. The topological polar surface area (TPSA) is 29.5 Å². The summed E-state index contributed by atoms with van der Waals surface area (Å²) in [6.07, 6.45) is 5.32. The molecule has 0 aliphatic heterocycles. The van der Waals surface area contributed by atoms with Crippen LogP contribution in [0.4, 0.5) is 0 Å². The molecule has 1 fully saturated rings. The van der Waals surface area contributed by atoms with Crippen LogP contribution in [0.5, 0.6) is 0 Å². The van der Waals surface area contributed by atoms with E-state index in [-0.39, 0.29) is 5.60 Å². The van der Waals surface area contributed by atoms with E-state index >= 15 is 0 Å². The van der Waals surface area contributed by atoms with Gasteiger partial charge in [-0.05, 0) is 25.2 Å². The lowest BCUT2D eigenvalue weighted by Gasteiger charge is -2.29. The van der Waals surface area contributed by atoms with Crippen LogP contribution in [-0.4, -0.2) is 24.4 Å². The van der Waals surface area contributed by atoms with Crippen molar-refractivity contribution in [1.82, 2.24) is 0 Å². The van der Waals surface area contributed by atoms with Crippen molar-refractivity contribution >= 4 is 0 Å². The Morgan fingerprint density at radius 3 is 2.50 bits per heavy atom. The zero-order chi connectivity index (χ0) is 9.03. The molecular weight excluding hydrogens is 152 g/mol. The molecule has 0 radical (unpaired) electrons. The molecule has 1 rings (SSSR count). The van der Waals surface area contributed by atoms with Gasteiger partial charge in [-0.1, -0.05) is 19.8 Å². The quantitative estimate of drug-likeness (QED) is 0.702. The molecule has 0 aromatic rings. The molecule has 0 heterocycles. The van der Waals surface area contributed by atoms with Gasteiger partial charge in [0.25, 0.3) is 0 Å². The highest BCUT2D eigenvalue weighted by Gasteiger charge is 2.36. The van der Waals surface area contributed by atoms with Gasteiger partial charge in [0.15, 0.2) is 0 Å². The molecule has 1 aliphatic carbocycles. The van der Waals surface area contributed by atoms with Crippen molar-refractivity contribution in [2.75, 3.05) is 13.7 Å². The summed E-state index contributed by atoms with van der Waals surface area (Å²) in [7, 11) is 1.71. The number of methoxy groups -OCH3 is 1. The Bertz CT molecular complexity index is 128. The first-order valence-electron chi connectivity index (χ1n) is 4.90. The Hall–Kier alpha value is -0.0800. The minimum Gasteiger partial charge on any atom is -0.390 e. The molecular formula is C10H20O2. The molecule has 0 amide bonds. The Labute approximate surface area is 74.9 Å². The smallest absolute Gasteiger partial charge is 0.0674 e. The molecule has 1 saturated carbocycles. The summed E-state index contributed by atoms with van der Waals surface area (Å²) < 4.78 is 5.01. The van der Waals surface area contributed by atoms with Crippen LogP contribution >= 0.6 is 0 Å². The third-order valence-electron chi connectivity index (χ3n) is 3.14. The summed E-state index contributed by atoms with van der Waals surface area (Å²) in [5.74, 6) is 0.389. The van der Waals surface area contributed by atoms with Crippen molar-refractivity contribution < 1.29 is 9.84 Å². The van der Waals surface area contributed by atoms with Gasteiger partial charge in [0.1, 0.15) is 0 Å². The molecule has 0 aromatic carbocycles. The maximum Gasteiger partial charge on any atom is 0.0674 e. The highest BCUT2D eigenvalue weighted by atomic mass is 16.5. The maximum atomic E-state index is 10.1. The minimum absolute atomic E-state index is 0.376. The van der Waals surface area contributed by atoms with E-state index in [1.54, 1.807) is 7.11 Å². The highest BCUT2D eigenvalue weighted by Crippen LogP contribution is 2.37. The van der Waals surface area contributed by atoms with E-state index in [1.165, 1.54) is 12.8 Å². The Morgan fingerprint density at radius 2 is 2.00 bits per heavy atom. The van der Waals surface area contributed by atoms with Gasteiger partial charge in [-0.25, -0.2) is 0 Å². The van der Waals surface area contributed by atoms with E-state index < -0.39 is 0 Å². The molecule has 2 nitrogen and oxygen atoms in total. The standard InChI is InChI=1S/C10H20O2/c1-9(5-8-12-2)10(11)6-3-4-7-10/h9,11H,3-8H2,1-2H3. The van der Waals surface area contributed by atoms with Gasteiger partial charge in [0.2, 0.25) is 0 Å². The van der Waals surface area contributed by atoms with Crippen LogP contribution in [0.3, 0.4) is 0 Å². The molecule has 0 saturated heterocycles. The molecule has 12 heavy (non-hydrogen) atoms.